The molecule has 0 unspecified atom stereocenters. The number of ether oxygens (including phenoxy) is 1. The molecular formula is C33H36FN7O3S. The molecule has 4 aromatic rings. The summed E-state index contributed by atoms with van der Waals surface area (Å²) < 4.78 is 21.7. The first-order valence-corrected chi connectivity index (χ1v) is 15.8. The highest BCUT2D eigenvalue weighted by Gasteiger charge is 2.23. The lowest BCUT2D eigenvalue weighted by atomic mass is 10.2. The van der Waals surface area contributed by atoms with Crippen LogP contribution in [-0.4, -0.2) is 89.5 Å². The number of carbonyl (C=O) groups is 2. The molecule has 1 saturated heterocycles. The van der Waals surface area contributed by atoms with E-state index in [9.17, 15) is 14.0 Å². The summed E-state index contributed by atoms with van der Waals surface area (Å²) in [5.41, 5.74) is 3.01. The Morgan fingerprint density at radius 2 is 1.89 bits per heavy atom. The zero-order valence-corrected chi connectivity index (χ0v) is 26.1. The molecule has 1 saturated carbocycles. The Labute approximate surface area is 265 Å². The van der Waals surface area contributed by atoms with Gasteiger partial charge in [-0.3, -0.25) is 19.7 Å². The number of anilines is 1. The predicted molar refractivity (Wildman–Crippen MR) is 174 cm³/mol. The Kier molecular flexibility index (Phi) is 9.34. The lowest BCUT2D eigenvalue weighted by molar-refractivity contribution is -0.127. The summed E-state index contributed by atoms with van der Waals surface area (Å²) in [6.07, 6.45) is 9.04. The quantitative estimate of drug-likeness (QED) is 0.229. The van der Waals surface area contributed by atoms with Crippen molar-refractivity contribution < 1.29 is 18.7 Å². The maximum Gasteiger partial charge on any atom is 0.319 e. The molecule has 12 heteroatoms. The van der Waals surface area contributed by atoms with E-state index in [1.54, 1.807) is 24.4 Å². The van der Waals surface area contributed by atoms with E-state index in [1.165, 1.54) is 23.5 Å². The molecule has 3 aromatic heterocycles. The number of rotatable bonds is 10. The van der Waals surface area contributed by atoms with Crippen molar-refractivity contribution in [3.05, 3.63) is 78.4 Å². The zero-order chi connectivity index (χ0) is 31.3. The first-order chi connectivity index (χ1) is 21.8. The fraction of sp³-hybridized carbons (Fsp3) is 0.333. The average molecular weight is 630 g/mol. The van der Waals surface area contributed by atoms with Crippen LogP contribution >= 0.6 is 11.3 Å². The number of carbonyl (C=O) groups excluding carboxylic acids is 2. The molecule has 2 N–H and O–H groups in total. The number of urea groups is 1. The summed E-state index contributed by atoms with van der Waals surface area (Å²) in [6.45, 7) is 4.56. The smallest absolute Gasteiger partial charge is 0.319 e. The molecule has 2 aliphatic rings. The fourth-order valence-electron chi connectivity index (χ4n) is 5.00. The topological polar surface area (TPSA) is 103 Å². The van der Waals surface area contributed by atoms with Crippen LogP contribution in [0.3, 0.4) is 0 Å². The third kappa shape index (κ3) is 8.01. The maximum atomic E-state index is 14.9. The summed E-state index contributed by atoms with van der Waals surface area (Å²) in [4.78, 5) is 40.8. The lowest BCUT2D eigenvalue weighted by Crippen LogP contribution is -2.47. The Hall–Kier alpha value is -4.39. The number of pyridine rings is 2. The van der Waals surface area contributed by atoms with Gasteiger partial charge in [-0.2, -0.15) is 0 Å². The van der Waals surface area contributed by atoms with Gasteiger partial charge in [0, 0.05) is 81.6 Å². The minimum Gasteiger partial charge on any atom is -0.453 e. The van der Waals surface area contributed by atoms with Crippen molar-refractivity contribution in [2.45, 2.75) is 25.4 Å². The van der Waals surface area contributed by atoms with E-state index in [1.807, 2.05) is 48.3 Å². The number of hydrogen-bond donors (Lipinski definition) is 2. The molecule has 3 amide bonds. The van der Waals surface area contributed by atoms with E-state index >= 15 is 0 Å². The monoisotopic (exact) mass is 629 g/mol. The summed E-state index contributed by atoms with van der Waals surface area (Å²) in [7, 11) is 3.95. The van der Waals surface area contributed by atoms with Crippen molar-refractivity contribution in [3.8, 4) is 22.1 Å². The van der Waals surface area contributed by atoms with Crippen molar-refractivity contribution in [2.75, 3.05) is 52.1 Å². The first-order valence-electron chi connectivity index (χ1n) is 15.0. The molecule has 6 rings (SSSR count). The third-order valence-corrected chi connectivity index (χ3v) is 8.76. The van der Waals surface area contributed by atoms with Crippen molar-refractivity contribution in [1.29, 1.82) is 0 Å². The molecule has 4 heterocycles. The van der Waals surface area contributed by atoms with Gasteiger partial charge in [0.05, 0.1) is 20.8 Å². The number of thiophene rings is 1. The number of amides is 3. The average Bonchev–Trinajstić information content (AvgIpc) is 3.72. The molecule has 0 atom stereocenters. The van der Waals surface area contributed by atoms with Crippen LogP contribution in [0.15, 0.2) is 67.0 Å². The Balaban J connectivity index is 1.06. The molecule has 234 valence electrons. The van der Waals surface area contributed by atoms with Gasteiger partial charge >= 0.3 is 6.03 Å². The Bertz CT molecular complexity index is 1700. The summed E-state index contributed by atoms with van der Waals surface area (Å²) in [5, 5.41) is 5.47. The molecule has 0 radical (unpaired) electrons. The van der Waals surface area contributed by atoms with Crippen LogP contribution in [0.25, 0.3) is 20.8 Å². The van der Waals surface area contributed by atoms with Gasteiger partial charge in [0.25, 0.3) is 0 Å². The summed E-state index contributed by atoms with van der Waals surface area (Å²) in [5.74, 6) is 0.0333. The van der Waals surface area contributed by atoms with E-state index in [-0.39, 0.29) is 23.7 Å². The molecule has 1 aliphatic carbocycles. The number of aromatic nitrogens is 2. The zero-order valence-electron chi connectivity index (χ0n) is 25.3. The summed E-state index contributed by atoms with van der Waals surface area (Å²) >= 11 is 1.48. The standard InChI is InChI=1S/C33H36FN7O3S/c1-39(2)13-3-4-31(42)41-16-14-40(15-17-41)21-22-5-9-26(36-20-22)30-19-27-32(45-30)29(11-12-35-27)44-28-10-8-24(18-25(28)34)38-33(43)37-23-6-7-23/h3-5,8-12,18-20,23H,6-7,13-17,21H2,1-2H3,(H2,37,38,43). The van der Waals surface area contributed by atoms with E-state index in [0.29, 0.717) is 24.5 Å². The number of fused-ring (bicyclic) bond motifs is 1. The van der Waals surface area contributed by atoms with Gasteiger partial charge in [0.15, 0.2) is 11.6 Å². The number of nitrogens with one attached hydrogen (secondary N) is 2. The van der Waals surface area contributed by atoms with Crippen molar-refractivity contribution in [2.24, 2.45) is 0 Å². The fourth-order valence-corrected chi connectivity index (χ4v) is 6.04. The molecule has 45 heavy (non-hydrogen) atoms. The molecule has 2 fully saturated rings. The number of halogens is 1. The number of hydrogen-bond acceptors (Lipinski definition) is 8. The van der Waals surface area contributed by atoms with Gasteiger partial charge < -0.3 is 25.2 Å². The SMILES string of the molecule is CN(C)CC=CC(=O)N1CCN(Cc2ccc(-c3cc4nccc(Oc5ccc(NC(=O)NC6CC6)cc5F)c4s3)nc2)CC1. The van der Waals surface area contributed by atoms with Crippen LogP contribution in [0.1, 0.15) is 18.4 Å². The lowest BCUT2D eigenvalue weighted by Gasteiger charge is -2.34. The second kappa shape index (κ2) is 13.7. The van der Waals surface area contributed by atoms with Gasteiger partial charge in [-0.05, 0) is 56.8 Å². The van der Waals surface area contributed by atoms with Gasteiger partial charge in [0.1, 0.15) is 5.75 Å². The third-order valence-electron chi connectivity index (χ3n) is 7.60. The van der Waals surface area contributed by atoms with E-state index in [4.69, 9.17) is 9.72 Å². The maximum absolute atomic E-state index is 14.9. The number of piperazine rings is 1. The number of benzene rings is 1. The Morgan fingerprint density at radius 1 is 1.07 bits per heavy atom. The van der Waals surface area contributed by atoms with Crippen molar-refractivity contribution in [1.82, 2.24) is 30.0 Å². The van der Waals surface area contributed by atoms with Gasteiger partial charge in [-0.15, -0.1) is 11.3 Å². The van der Waals surface area contributed by atoms with Crippen LogP contribution in [0, 0.1) is 5.82 Å². The highest BCUT2D eigenvalue weighted by Crippen LogP contribution is 2.39. The number of likely N-dealkylation sites (N-methyl/N-ethyl adjacent to an activating group) is 1. The largest absolute Gasteiger partial charge is 0.453 e. The second-order valence-corrected chi connectivity index (χ2v) is 12.6. The minimum absolute atomic E-state index is 0.0547. The van der Waals surface area contributed by atoms with Crippen LogP contribution < -0.4 is 15.4 Å². The van der Waals surface area contributed by atoms with Gasteiger partial charge in [0.2, 0.25) is 5.91 Å². The van der Waals surface area contributed by atoms with Gasteiger partial charge in [-0.1, -0.05) is 12.1 Å². The molecule has 1 aromatic carbocycles. The van der Waals surface area contributed by atoms with Gasteiger partial charge in [-0.25, -0.2) is 9.18 Å². The molecule has 1 aliphatic heterocycles. The van der Waals surface area contributed by atoms with E-state index in [2.05, 4.69) is 26.6 Å². The molecule has 10 nitrogen and oxygen atoms in total. The second-order valence-electron chi connectivity index (χ2n) is 11.6. The van der Waals surface area contributed by atoms with Crippen molar-refractivity contribution >= 4 is 39.2 Å². The predicted octanol–water partition coefficient (Wildman–Crippen LogP) is 5.34. The molecular weight excluding hydrogens is 593 g/mol. The number of nitrogens with zero attached hydrogens (tertiary/aromatic N) is 5. The normalized spacial score (nSPS) is 15.6. The Morgan fingerprint density at radius 3 is 2.60 bits per heavy atom. The van der Waals surface area contributed by atoms with E-state index in [0.717, 1.165) is 65.4 Å². The first kappa shape index (κ1) is 30.6. The van der Waals surface area contributed by atoms with Crippen LogP contribution in [0.5, 0.6) is 11.5 Å². The summed E-state index contributed by atoms with van der Waals surface area (Å²) in [6, 6.07) is 12.0. The minimum atomic E-state index is -0.580. The molecule has 0 bridgehead atoms. The van der Waals surface area contributed by atoms with Crippen LogP contribution in [-0.2, 0) is 11.3 Å². The highest BCUT2D eigenvalue weighted by atomic mass is 32.1. The van der Waals surface area contributed by atoms with Crippen LogP contribution in [0.2, 0.25) is 0 Å². The van der Waals surface area contributed by atoms with E-state index < -0.39 is 5.82 Å². The van der Waals surface area contributed by atoms with Crippen molar-refractivity contribution in [3.63, 3.8) is 0 Å². The highest BCUT2D eigenvalue weighted by molar-refractivity contribution is 7.22. The van der Waals surface area contributed by atoms with Crippen LogP contribution in [0.4, 0.5) is 14.9 Å². The molecule has 0 spiro atoms.